The lowest BCUT2D eigenvalue weighted by molar-refractivity contribution is 0.188. The van der Waals surface area contributed by atoms with Gasteiger partial charge in [-0.25, -0.2) is 13.1 Å². The van der Waals surface area contributed by atoms with Gasteiger partial charge in [-0.1, -0.05) is 36.4 Å². The predicted octanol–water partition coefficient (Wildman–Crippen LogP) is 3.94. The van der Waals surface area contributed by atoms with Gasteiger partial charge < -0.3 is 4.74 Å². The van der Waals surface area contributed by atoms with Crippen LogP contribution in [-0.2, 0) is 29.9 Å². The monoisotopic (exact) mass is 530 g/mol. The molecule has 2 atom stereocenters. The zero-order valence-corrected chi connectivity index (χ0v) is 22.3. The van der Waals surface area contributed by atoms with Crippen LogP contribution in [0.2, 0.25) is 0 Å². The smallest absolute Gasteiger partial charge is 0.243 e. The molecule has 2 aromatic carbocycles. The normalized spacial score (nSPS) is 20.0. The molecular weight excluding hydrogens is 496 g/mol. The number of nitrogens with zero attached hydrogens (tertiary/aromatic N) is 3. The van der Waals surface area contributed by atoms with E-state index >= 15 is 0 Å². The summed E-state index contributed by atoms with van der Waals surface area (Å²) in [6, 6.07) is 17.7. The van der Waals surface area contributed by atoms with E-state index in [0.29, 0.717) is 12.0 Å². The number of hydrogen-bond donors (Lipinski definition) is 1. The molecule has 194 valence electrons. The van der Waals surface area contributed by atoms with Gasteiger partial charge in [0.05, 0.1) is 6.20 Å². The van der Waals surface area contributed by atoms with E-state index in [-0.39, 0.29) is 30.5 Å². The molecule has 0 saturated carbocycles. The van der Waals surface area contributed by atoms with Gasteiger partial charge in [-0.15, -0.1) is 12.4 Å². The number of benzene rings is 2. The van der Waals surface area contributed by atoms with E-state index < -0.39 is 10.0 Å². The number of rotatable bonds is 9. The fourth-order valence-electron chi connectivity index (χ4n) is 5.54. The molecule has 1 aliphatic carbocycles. The maximum Gasteiger partial charge on any atom is 0.243 e. The Labute approximate surface area is 220 Å². The standard InChI is InChI=1S/C27H34N4O3S.ClH/c1-30-20-24(19-28-30)35(32,33)29-13-16-34-23-11-9-22-10-12-27(31-14-5-6-15-31)26(25(22)18-23)17-21-7-3-2-4-8-21;/h2-4,7-9,11,18-20,26-27,29H,5-6,10,12-17H2,1H3;1H. The Balaban J connectivity index is 0.00000304. The molecule has 1 saturated heterocycles. The molecule has 1 aliphatic heterocycles. The van der Waals surface area contributed by atoms with Crippen molar-refractivity contribution in [2.75, 3.05) is 26.2 Å². The SMILES string of the molecule is Cl.Cn1cc(S(=O)(=O)NCCOc2ccc3c(c2)C(Cc2ccccc2)C(N2CCCC2)CC3)cn1. The summed E-state index contributed by atoms with van der Waals surface area (Å²) in [4.78, 5) is 2.85. The maximum atomic E-state index is 12.4. The minimum atomic E-state index is -3.59. The van der Waals surface area contributed by atoms with Crippen LogP contribution in [0.15, 0.2) is 65.8 Å². The van der Waals surface area contributed by atoms with Crippen LogP contribution in [-0.4, -0.2) is 55.4 Å². The van der Waals surface area contributed by atoms with Crippen LogP contribution >= 0.6 is 12.4 Å². The number of aromatic nitrogens is 2. The summed E-state index contributed by atoms with van der Waals surface area (Å²) in [5, 5.41) is 3.93. The maximum absolute atomic E-state index is 12.4. The molecule has 2 aliphatic rings. The fraction of sp³-hybridized carbons (Fsp3) is 0.444. The number of aryl methyl sites for hydroxylation is 2. The molecule has 0 spiro atoms. The Hall–Kier alpha value is -2.39. The van der Waals surface area contributed by atoms with Gasteiger partial charge >= 0.3 is 0 Å². The summed E-state index contributed by atoms with van der Waals surface area (Å²) in [5.74, 6) is 1.22. The zero-order valence-electron chi connectivity index (χ0n) is 20.7. The van der Waals surface area contributed by atoms with Gasteiger partial charge in [-0.3, -0.25) is 9.58 Å². The molecule has 0 bridgehead atoms. The van der Waals surface area contributed by atoms with Crippen molar-refractivity contribution in [3.63, 3.8) is 0 Å². The first-order valence-electron chi connectivity index (χ1n) is 12.5. The molecule has 1 N–H and O–H groups in total. The Bertz CT molecular complexity index is 1240. The van der Waals surface area contributed by atoms with E-state index in [1.807, 2.05) is 6.07 Å². The Kier molecular flexibility index (Phi) is 8.72. The highest BCUT2D eigenvalue weighted by molar-refractivity contribution is 7.89. The molecule has 2 heterocycles. The molecule has 1 aromatic heterocycles. The highest BCUT2D eigenvalue weighted by atomic mass is 35.5. The number of halogens is 1. The van der Waals surface area contributed by atoms with E-state index in [9.17, 15) is 8.42 Å². The summed E-state index contributed by atoms with van der Waals surface area (Å²) in [6.07, 6.45) is 8.71. The van der Waals surface area contributed by atoms with Crippen LogP contribution in [0.5, 0.6) is 5.75 Å². The van der Waals surface area contributed by atoms with Gasteiger partial charge in [-0.05, 0) is 74.0 Å². The fourth-order valence-corrected chi connectivity index (χ4v) is 6.53. The molecule has 0 amide bonds. The third-order valence-electron chi connectivity index (χ3n) is 7.25. The first-order valence-corrected chi connectivity index (χ1v) is 14.0. The lowest BCUT2D eigenvalue weighted by Crippen LogP contribution is -2.41. The minimum Gasteiger partial charge on any atom is -0.492 e. The first kappa shape index (κ1) is 26.7. The molecule has 36 heavy (non-hydrogen) atoms. The van der Waals surface area contributed by atoms with Gasteiger partial charge in [0.2, 0.25) is 10.0 Å². The number of fused-ring (bicyclic) bond motifs is 1. The van der Waals surface area contributed by atoms with E-state index in [4.69, 9.17) is 4.74 Å². The number of hydrogen-bond acceptors (Lipinski definition) is 5. The molecule has 0 radical (unpaired) electrons. The summed E-state index contributed by atoms with van der Waals surface area (Å²) in [7, 11) is -1.90. The van der Waals surface area contributed by atoms with Crippen LogP contribution in [0.3, 0.4) is 0 Å². The van der Waals surface area contributed by atoms with Crippen molar-refractivity contribution < 1.29 is 13.2 Å². The van der Waals surface area contributed by atoms with Crippen molar-refractivity contribution in [2.24, 2.45) is 7.05 Å². The minimum absolute atomic E-state index is 0. The van der Waals surface area contributed by atoms with Crippen molar-refractivity contribution in [1.82, 2.24) is 19.4 Å². The Morgan fingerprint density at radius 1 is 1.11 bits per heavy atom. The van der Waals surface area contributed by atoms with Crippen LogP contribution < -0.4 is 9.46 Å². The third kappa shape index (κ3) is 6.11. The molecule has 7 nitrogen and oxygen atoms in total. The number of nitrogens with one attached hydrogen (secondary N) is 1. The van der Waals surface area contributed by atoms with Crippen LogP contribution in [0, 0.1) is 0 Å². The molecule has 1 fully saturated rings. The summed E-state index contributed by atoms with van der Waals surface area (Å²) in [6.45, 7) is 2.84. The second-order valence-corrected chi connectivity index (χ2v) is 11.4. The van der Waals surface area contributed by atoms with Gasteiger partial charge in [0.15, 0.2) is 0 Å². The van der Waals surface area contributed by atoms with E-state index in [0.717, 1.165) is 18.6 Å². The molecule has 3 aromatic rings. The lowest BCUT2D eigenvalue weighted by Gasteiger charge is -2.39. The van der Waals surface area contributed by atoms with E-state index in [1.54, 1.807) is 7.05 Å². The van der Waals surface area contributed by atoms with E-state index in [1.165, 1.54) is 66.1 Å². The second-order valence-electron chi connectivity index (χ2n) is 9.60. The third-order valence-corrected chi connectivity index (χ3v) is 8.67. The molecule has 5 rings (SSSR count). The Morgan fingerprint density at radius 3 is 2.61 bits per heavy atom. The number of ether oxygens (including phenoxy) is 1. The topological polar surface area (TPSA) is 76.5 Å². The average Bonchev–Trinajstić information content (AvgIpc) is 3.55. The number of sulfonamides is 1. The van der Waals surface area contributed by atoms with E-state index in [2.05, 4.69) is 57.2 Å². The van der Waals surface area contributed by atoms with Crippen LogP contribution in [0.1, 0.15) is 41.9 Å². The largest absolute Gasteiger partial charge is 0.492 e. The zero-order chi connectivity index (χ0) is 24.3. The molecule has 2 unspecified atom stereocenters. The van der Waals surface area contributed by atoms with Gasteiger partial charge in [-0.2, -0.15) is 5.10 Å². The van der Waals surface area contributed by atoms with Crippen molar-refractivity contribution in [3.8, 4) is 5.75 Å². The summed E-state index contributed by atoms with van der Waals surface area (Å²) in [5.41, 5.74) is 4.15. The predicted molar refractivity (Wildman–Crippen MR) is 143 cm³/mol. The van der Waals surface area contributed by atoms with Crippen molar-refractivity contribution in [3.05, 3.63) is 77.6 Å². The average molecular weight is 531 g/mol. The van der Waals surface area contributed by atoms with Gasteiger partial charge in [0.25, 0.3) is 0 Å². The second kappa shape index (κ2) is 11.8. The first-order chi connectivity index (χ1) is 17.0. The van der Waals surface area contributed by atoms with Crippen molar-refractivity contribution in [2.45, 2.75) is 49.0 Å². The van der Waals surface area contributed by atoms with Crippen molar-refractivity contribution in [1.29, 1.82) is 0 Å². The molecule has 9 heteroatoms. The van der Waals surface area contributed by atoms with Crippen LogP contribution in [0.4, 0.5) is 0 Å². The Morgan fingerprint density at radius 2 is 1.89 bits per heavy atom. The van der Waals surface area contributed by atoms with Gasteiger partial charge in [0, 0.05) is 31.7 Å². The summed E-state index contributed by atoms with van der Waals surface area (Å²) >= 11 is 0. The summed E-state index contributed by atoms with van der Waals surface area (Å²) < 4.78 is 34.9. The highest BCUT2D eigenvalue weighted by Crippen LogP contribution is 2.40. The van der Waals surface area contributed by atoms with Crippen molar-refractivity contribution >= 4 is 22.4 Å². The quantitative estimate of drug-likeness (QED) is 0.424. The van der Waals surface area contributed by atoms with Crippen LogP contribution in [0.25, 0.3) is 0 Å². The highest BCUT2D eigenvalue weighted by Gasteiger charge is 2.35. The lowest BCUT2D eigenvalue weighted by atomic mass is 9.75. The molecular formula is C27H35ClN4O3S. The van der Waals surface area contributed by atoms with Gasteiger partial charge in [0.1, 0.15) is 17.3 Å². The number of likely N-dealkylation sites (tertiary alicyclic amines) is 1.